The Bertz CT molecular complexity index is 1100. The lowest BCUT2D eigenvalue weighted by atomic mass is 9.76. The third-order valence-electron chi connectivity index (χ3n) is 4.99. The van der Waals surface area contributed by atoms with E-state index in [1.165, 1.54) is 18.2 Å². The molecule has 0 spiro atoms. The molecule has 2 heterocycles. The highest BCUT2D eigenvalue weighted by molar-refractivity contribution is 6.35. The number of nitrogens with zero attached hydrogens (tertiary/aromatic N) is 3. The highest BCUT2D eigenvalue weighted by atomic mass is 35.5. The summed E-state index contributed by atoms with van der Waals surface area (Å²) in [7, 11) is 0. The average Bonchev–Trinajstić information content (AvgIpc) is 3.07. The maximum atomic E-state index is 14.0. The second-order valence-corrected chi connectivity index (χ2v) is 7.57. The summed E-state index contributed by atoms with van der Waals surface area (Å²) < 4.78 is 47.6. The number of hydrogen-bond donors (Lipinski definition) is 1. The van der Waals surface area contributed by atoms with Crippen LogP contribution in [-0.4, -0.2) is 18.1 Å². The molecule has 2 N–H and O–H groups in total. The molecule has 30 heavy (non-hydrogen) atoms. The van der Waals surface area contributed by atoms with Gasteiger partial charge < -0.3 is 10.5 Å². The molecule has 0 radical (unpaired) electrons. The summed E-state index contributed by atoms with van der Waals surface area (Å²) in [5.74, 6) is -2.76. The summed E-state index contributed by atoms with van der Waals surface area (Å²) in [6.07, 6.45) is -5.97. The number of benzene rings is 2. The second kappa shape index (κ2) is 7.42. The smallest absolute Gasteiger partial charge is 0.431 e. The standard InChI is InChI=1S/C20H13Cl2F3N4O/c21-10-6-7-12(14(22)8-10)15-13(9-26)18(27)30-19-16(15)17(20(23,24)25)28-29(19)11-4-2-1-3-5-11/h1-8,15-16,19H,27H2. The second-order valence-electron chi connectivity index (χ2n) is 6.73. The maximum Gasteiger partial charge on any atom is 0.431 e. The minimum atomic E-state index is -4.76. The van der Waals surface area contributed by atoms with Crippen LogP contribution in [0.4, 0.5) is 18.9 Å². The molecule has 0 saturated carbocycles. The van der Waals surface area contributed by atoms with Gasteiger partial charge in [-0.15, -0.1) is 0 Å². The number of hydrazone groups is 1. The maximum absolute atomic E-state index is 14.0. The normalized spacial score (nSPS) is 23.5. The summed E-state index contributed by atoms with van der Waals surface area (Å²) in [6.45, 7) is 0. The highest BCUT2D eigenvalue weighted by Crippen LogP contribution is 2.50. The van der Waals surface area contributed by atoms with Gasteiger partial charge in [0.1, 0.15) is 6.07 Å². The zero-order valence-corrected chi connectivity index (χ0v) is 16.6. The number of ether oxygens (including phenoxy) is 1. The molecule has 4 rings (SSSR count). The first-order valence-corrected chi connectivity index (χ1v) is 9.49. The van der Waals surface area contributed by atoms with E-state index in [4.69, 9.17) is 33.7 Å². The SMILES string of the molecule is N#CC1=C(N)OC2C(C(C(F)(F)F)=NN2c2ccccc2)C1c1ccc(Cl)cc1Cl. The molecule has 2 aromatic carbocycles. The Kier molecular flexibility index (Phi) is 5.04. The molecule has 0 aliphatic carbocycles. The first-order chi connectivity index (χ1) is 14.2. The van der Waals surface area contributed by atoms with Gasteiger partial charge in [-0.1, -0.05) is 47.5 Å². The van der Waals surface area contributed by atoms with Crippen molar-refractivity contribution in [2.75, 3.05) is 5.01 Å². The molecule has 154 valence electrons. The molecular weight excluding hydrogens is 440 g/mol. The minimum Gasteiger partial charge on any atom is -0.452 e. The van der Waals surface area contributed by atoms with Crippen molar-refractivity contribution in [3.8, 4) is 6.07 Å². The van der Waals surface area contributed by atoms with Gasteiger partial charge in [0.15, 0.2) is 5.71 Å². The minimum absolute atomic E-state index is 0.119. The van der Waals surface area contributed by atoms with Gasteiger partial charge in [-0.05, 0) is 29.8 Å². The van der Waals surface area contributed by atoms with Gasteiger partial charge in [-0.2, -0.15) is 23.5 Å². The number of allylic oxidation sites excluding steroid dienone is 1. The van der Waals surface area contributed by atoms with Crippen molar-refractivity contribution < 1.29 is 17.9 Å². The van der Waals surface area contributed by atoms with E-state index in [0.29, 0.717) is 10.7 Å². The molecular formula is C20H13Cl2F3N4O. The molecule has 10 heteroatoms. The van der Waals surface area contributed by atoms with Crippen LogP contribution in [0, 0.1) is 17.2 Å². The Balaban J connectivity index is 1.93. The van der Waals surface area contributed by atoms with Crippen LogP contribution in [0.15, 0.2) is 65.1 Å². The van der Waals surface area contributed by atoms with Crippen molar-refractivity contribution in [3.63, 3.8) is 0 Å². The molecule has 0 saturated heterocycles. The zero-order valence-electron chi connectivity index (χ0n) is 15.1. The van der Waals surface area contributed by atoms with Crippen LogP contribution in [-0.2, 0) is 4.74 Å². The molecule has 0 bridgehead atoms. The van der Waals surface area contributed by atoms with Crippen LogP contribution < -0.4 is 10.7 Å². The summed E-state index contributed by atoms with van der Waals surface area (Å²) in [5.41, 5.74) is 5.41. The predicted molar refractivity (Wildman–Crippen MR) is 107 cm³/mol. The zero-order chi connectivity index (χ0) is 21.6. The molecule has 3 unspecified atom stereocenters. The number of anilines is 1. The number of halogens is 5. The Morgan fingerprint density at radius 3 is 2.43 bits per heavy atom. The van der Waals surface area contributed by atoms with Crippen LogP contribution in [0.5, 0.6) is 0 Å². The fourth-order valence-electron chi connectivity index (χ4n) is 3.76. The van der Waals surface area contributed by atoms with Crippen LogP contribution >= 0.6 is 23.2 Å². The van der Waals surface area contributed by atoms with Crippen molar-refractivity contribution >= 4 is 34.6 Å². The Labute approximate surface area is 179 Å². The lowest BCUT2D eigenvalue weighted by Crippen LogP contribution is -2.46. The Morgan fingerprint density at radius 2 is 1.83 bits per heavy atom. The van der Waals surface area contributed by atoms with E-state index >= 15 is 0 Å². The molecule has 2 aliphatic heterocycles. The molecule has 2 aliphatic rings. The number of para-hydroxylation sites is 1. The number of rotatable bonds is 2. The lowest BCUT2D eigenvalue weighted by molar-refractivity contribution is -0.0658. The quantitative estimate of drug-likeness (QED) is 0.680. The Morgan fingerprint density at radius 1 is 1.13 bits per heavy atom. The van der Waals surface area contributed by atoms with Crippen LogP contribution in [0.2, 0.25) is 10.0 Å². The summed E-state index contributed by atoms with van der Waals surface area (Å²) >= 11 is 12.3. The lowest BCUT2D eigenvalue weighted by Gasteiger charge is -2.37. The van der Waals surface area contributed by atoms with Gasteiger partial charge in [-0.3, -0.25) is 0 Å². The van der Waals surface area contributed by atoms with Crippen LogP contribution in [0.25, 0.3) is 0 Å². The van der Waals surface area contributed by atoms with E-state index in [1.807, 2.05) is 6.07 Å². The van der Waals surface area contributed by atoms with E-state index in [-0.39, 0.29) is 22.0 Å². The molecule has 2 aromatic rings. The van der Waals surface area contributed by atoms with E-state index in [0.717, 1.165) is 5.01 Å². The highest BCUT2D eigenvalue weighted by Gasteiger charge is 2.58. The average molecular weight is 453 g/mol. The van der Waals surface area contributed by atoms with Gasteiger partial charge in [0.05, 0.1) is 17.2 Å². The summed E-state index contributed by atoms with van der Waals surface area (Å²) in [4.78, 5) is 0. The van der Waals surface area contributed by atoms with Crippen molar-refractivity contribution in [3.05, 3.63) is 75.6 Å². The monoisotopic (exact) mass is 452 g/mol. The van der Waals surface area contributed by atoms with Crippen LogP contribution in [0.1, 0.15) is 11.5 Å². The molecule has 5 nitrogen and oxygen atoms in total. The summed E-state index contributed by atoms with van der Waals surface area (Å²) in [5, 5.41) is 15.1. The Hall–Kier alpha value is -2.89. The van der Waals surface area contributed by atoms with Gasteiger partial charge >= 0.3 is 6.18 Å². The van der Waals surface area contributed by atoms with Crippen molar-refractivity contribution in [2.45, 2.75) is 18.3 Å². The van der Waals surface area contributed by atoms with Gasteiger partial charge in [0.2, 0.25) is 12.1 Å². The van der Waals surface area contributed by atoms with Crippen molar-refractivity contribution in [1.82, 2.24) is 0 Å². The largest absolute Gasteiger partial charge is 0.452 e. The molecule has 0 amide bonds. The number of nitriles is 1. The molecule has 3 atom stereocenters. The van der Waals surface area contributed by atoms with Gasteiger partial charge in [0, 0.05) is 16.0 Å². The van der Waals surface area contributed by atoms with E-state index in [2.05, 4.69) is 5.10 Å². The third kappa shape index (κ3) is 3.34. The number of fused-ring (bicyclic) bond motifs is 1. The molecule has 0 fully saturated rings. The number of alkyl halides is 3. The fraction of sp³-hybridized carbons (Fsp3) is 0.200. The topological polar surface area (TPSA) is 74.6 Å². The van der Waals surface area contributed by atoms with E-state index in [9.17, 15) is 18.4 Å². The van der Waals surface area contributed by atoms with E-state index < -0.39 is 30.0 Å². The number of hydrogen-bond acceptors (Lipinski definition) is 5. The van der Waals surface area contributed by atoms with Gasteiger partial charge in [0.25, 0.3) is 0 Å². The molecule has 0 aromatic heterocycles. The van der Waals surface area contributed by atoms with E-state index in [1.54, 1.807) is 30.3 Å². The van der Waals surface area contributed by atoms with Crippen LogP contribution in [0.3, 0.4) is 0 Å². The fourth-order valence-corrected chi connectivity index (χ4v) is 4.28. The third-order valence-corrected chi connectivity index (χ3v) is 5.55. The first-order valence-electron chi connectivity index (χ1n) is 8.73. The van der Waals surface area contributed by atoms with Crippen molar-refractivity contribution in [2.24, 2.45) is 16.8 Å². The van der Waals surface area contributed by atoms with Gasteiger partial charge in [-0.25, -0.2) is 5.01 Å². The first kappa shape index (κ1) is 20.4. The van der Waals surface area contributed by atoms with Crippen molar-refractivity contribution in [1.29, 1.82) is 5.26 Å². The predicted octanol–water partition coefficient (Wildman–Crippen LogP) is 5.18. The summed E-state index contributed by atoms with van der Waals surface area (Å²) in [6, 6.07) is 14.5. The number of nitrogens with two attached hydrogens (primary N) is 1.